The van der Waals surface area contributed by atoms with Crippen molar-refractivity contribution in [1.29, 1.82) is 0 Å². The van der Waals surface area contributed by atoms with E-state index in [0.717, 1.165) is 63.8 Å². The van der Waals surface area contributed by atoms with E-state index in [4.69, 9.17) is 9.72 Å². The molecule has 142 valence electrons. The van der Waals surface area contributed by atoms with Crippen molar-refractivity contribution in [2.45, 2.75) is 37.5 Å². The number of rotatable bonds is 3. The number of hydrogen-bond donors (Lipinski definition) is 2. The molecule has 1 aromatic heterocycles. The molecule has 5 rings (SSSR count). The fraction of sp³-hybridized carbons (Fsp3) is 0.545. The number of piperidine rings is 1. The highest BCUT2D eigenvalue weighted by Gasteiger charge is 2.40. The van der Waals surface area contributed by atoms with Crippen molar-refractivity contribution in [3.05, 3.63) is 41.6 Å². The molecule has 2 aromatic rings. The monoisotopic (exact) mass is 364 g/mol. The first kappa shape index (κ1) is 17.1. The van der Waals surface area contributed by atoms with Crippen molar-refractivity contribution in [1.82, 2.24) is 15.3 Å². The van der Waals surface area contributed by atoms with E-state index in [1.165, 1.54) is 29.5 Å². The van der Waals surface area contributed by atoms with E-state index in [1.54, 1.807) is 0 Å². The third kappa shape index (κ3) is 3.23. The normalized spacial score (nSPS) is 21.5. The van der Waals surface area contributed by atoms with Gasteiger partial charge in [0.2, 0.25) is 5.95 Å². The molecule has 1 spiro atoms. The summed E-state index contributed by atoms with van der Waals surface area (Å²) in [4.78, 5) is 9.61. The molecule has 0 saturated carbocycles. The second-order valence-corrected chi connectivity index (χ2v) is 8.26. The summed E-state index contributed by atoms with van der Waals surface area (Å²) in [6.07, 6.45) is 7.74. The Labute approximate surface area is 161 Å². The van der Waals surface area contributed by atoms with Gasteiger partial charge in [-0.15, -0.1) is 0 Å². The molecule has 27 heavy (non-hydrogen) atoms. The Morgan fingerprint density at radius 3 is 2.81 bits per heavy atom. The van der Waals surface area contributed by atoms with Gasteiger partial charge in [-0.1, -0.05) is 24.3 Å². The maximum absolute atomic E-state index is 5.46. The molecule has 2 aliphatic heterocycles. The molecule has 2 N–H and O–H groups in total. The van der Waals surface area contributed by atoms with Crippen LogP contribution in [0.15, 0.2) is 30.5 Å². The zero-order valence-corrected chi connectivity index (χ0v) is 15.8. The Morgan fingerprint density at radius 1 is 1.15 bits per heavy atom. The van der Waals surface area contributed by atoms with Crippen LogP contribution in [0, 0.1) is 5.92 Å². The molecule has 1 aromatic carbocycles. The van der Waals surface area contributed by atoms with Gasteiger partial charge in [0.05, 0.1) is 5.69 Å². The van der Waals surface area contributed by atoms with Crippen molar-refractivity contribution in [3.63, 3.8) is 0 Å². The Hall–Kier alpha value is -1.98. The zero-order valence-electron chi connectivity index (χ0n) is 15.8. The van der Waals surface area contributed by atoms with Gasteiger partial charge < -0.3 is 15.4 Å². The zero-order chi connectivity index (χ0) is 18.1. The van der Waals surface area contributed by atoms with E-state index in [0.29, 0.717) is 5.92 Å². The lowest BCUT2D eigenvalue weighted by Gasteiger charge is -2.42. The molecule has 2 fully saturated rings. The van der Waals surface area contributed by atoms with Gasteiger partial charge in [-0.3, -0.25) is 0 Å². The summed E-state index contributed by atoms with van der Waals surface area (Å²) in [5.74, 6) is 1.42. The lowest BCUT2D eigenvalue weighted by molar-refractivity contribution is 0.0699. The van der Waals surface area contributed by atoms with E-state index in [9.17, 15) is 0 Å². The van der Waals surface area contributed by atoms with Crippen LogP contribution in [0.4, 0.5) is 5.95 Å². The molecular weight excluding hydrogens is 336 g/mol. The molecular formula is C22H28N4O. The van der Waals surface area contributed by atoms with Gasteiger partial charge in [0, 0.05) is 36.9 Å². The summed E-state index contributed by atoms with van der Waals surface area (Å²) in [6, 6.07) is 8.88. The summed E-state index contributed by atoms with van der Waals surface area (Å²) < 4.78 is 5.46. The number of benzene rings is 1. The molecule has 5 heteroatoms. The highest BCUT2D eigenvalue weighted by atomic mass is 16.5. The number of hydrogen-bond acceptors (Lipinski definition) is 5. The van der Waals surface area contributed by atoms with Gasteiger partial charge in [-0.2, -0.15) is 0 Å². The molecule has 0 atom stereocenters. The van der Waals surface area contributed by atoms with E-state index in [-0.39, 0.29) is 5.41 Å². The van der Waals surface area contributed by atoms with Crippen LogP contribution in [-0.2, 0) is 16.6 Å². The number of aromatic nitrogens is 2. The Kier molecular flexibility index (Phi) is 4.58. The van der Waals surface area contributed by atoms with Crippen molar-refractivity contribution < 1.29 is 4.74 Å². The van der Waals surface area contributed by atoms with E-state index in [2.05, 4.69) is 46.1 Å². The maximum atomic E-state index is 5.46. The third-order valence-electron chi connectivity index (χ3n) is 6.60. The van der Waals surface area contributed by atoms with Gasteiger partial charge in [-0.25, -0.2) is 9.97 Å². The first-order chi connectivity index (χ1) is 13.3. The van der Waals surface area contributed by atoms with Crippen LogP contribution < -0.4 is 10.6 Å². The Morgan fingerprint density at radius 2 is 1.96 bits per heavy atom. The summed E-state index contributed by atoms with van der Waals surface area (Å²) in [6.45, 7) is 4.87. The summed E-state index contributed by atoms with van der Waals surface area (Å²) in [5, 5.41) is 7.00. The van der Waals surface area contributed by atoms with Crippen molar-refractivity contribution in [2.24, 2.45) is 5.92 Å². The molecule has 0 radical (unpaired) electrons. The number of fused-ring (bicyclic) bond motifs is 4. The van der Waals surface area contributed by atoms with E-state index >= 15 is 0 Å². The molecule has 1 aliphatic carbocycles. The Balaban J connectivity index is 1.43. The molecule has 0 unspecified atom stereocenters. The average Bonchev–Trinajstić information content (AvgIpc) is 2.74. The summed E-state index contributed by atoms with van der Waals surface area (Å²) >= 11 is 0. The number of nitrogens with one attached hydrogen (secondary N) is 2. The van der Waals surface area contributed by atoms with Crippen LogP contribution in [0.1, 0.15) is 36.8 Å². The van der Waals surface area contributed by atoms with Crippen LogP contribution >= 0.6 is 0 Å². The van der Waals surface area contributed by atoms with Crippen LogP contribution in [0.3, 0.4) is 0 Å². The van der Waals surface area contributed by atoms with Crippen molar-refractivity contribution in [2.75, 3.05) is 38.2 Å². The van der Waals surface area contributed by atoms with E-state index in [1.807, 2.05) is 0 Å². The smallest absolute Gasteiger partial charge is 0.223 e. The van der Waals surface area contributed by atoms with Crippen LogP contribution in [0.5, 0.6) is 0 Å². The number of anilines is 1. The topological polar surface area (TPSA) is 59.1 Å². The average molecular weight is 364 g/mol. The fourth-order valence-electron chi connectivity index (χ4n) is 5.00. The van der Waals surface area contributed by atoms with Gasteiger partial charge in [0.1, 0.15) is 0 Å². The molecule has 0 bridgehead atoms. The predicted molar refractivity (Wildman–Crippen MR) is 107 cm³/mol. The molecule has 3 heterocycles. The SMILES string of the molecule is c1ccc2c(c1)-c1nc(NCC3CCOCC3)ncc1CC21CCNCC1. The minimum atomic E-state index is 0.245. The quantitative estimate of drug-likeness (QED) is 0.876. The van der Waals surface area contributed by atoms with Gasteiger partial charge in [-0.05, 0) is 62.2 Å². The van der Waals surface area contributed by atoms with Crippen LogP contribution in [0.25, 0.3) is 11.3 Å². The van der Waals surface area contributed by atoms with Crippen LogP contribution in [0.2, 0.25) is 0 Å². The highest BCUT2D eigenvalue weighted by Crippen LogP contribution is 2.46. The molecule has 2 saturated heterocycles. The fourth-order valence-corrected chi connectivity index (χ4v) is 5.00. The standard InChI is InChI=1S/C22H28N4O/c1-2-4-19-18(3-1)20-17(13-22(19)7-9-23-10-8-22)15-25-21(26-20)24-14-16-5-11-27-12-6-16/h1-4,15-16,23H,5-14H2,(H,24,25,26). The molecule has 0 amide bonds. The third-order valence-corrected chi connectivity index (χ3v) is 6.60. The second kappa shape index (κ2) is 7.21. The minimum absolute atomic E-state index is 0.245. The first-order valence-electron chi connectivity index (χ1n) is 10.3. The lowest BCUT2D eigenvalue weighted by Crippen LogP contribution is -2.43. The highest BCUT2D eigenvalue weighted by molar-refractivity contribution is 5.72. The van der Waals surface area contributed by atoms with Gasteiger partial charge >= 0.3 is 0 Å². The largest absolute Gasteiger partial charge is 0.381 e. The molecule has 3 aliphatic rings. The Bertz CT molecular complexity index is 810. The van der Waals surface area contributed by atoms with Gasteiger partial charge in [0.25, 0.3) is 0 Å². The van der Waals surface area contributed by atoms with E-state index < -0.39 is 0 Å². The number of ether oxygens (including phenoxy) is 1. The van der Waals surface area contributed by atoms with Crippen LogP contribution in [-0.4, -0.2) is 42.8 Å². The second-order valence-electron chi connectivity index (χ2n) is 8.26. The summed E-state index contributed by atoms with van der Waals surface area (Å²) in [7, 11) is 0. The maximum Gasteiger partial charge on any atom is 0.223 e. The minimum Gasteiger partial charge on any atom is -0.381 e. The first-order valence-corrected chi connectivity index (χ1v) is 10.3. The van der Waals surface area contributed by atoms with Gasteiger partial charge in [0.15, 0.2) is 0 Å². The predicted octanol–water partition coefficient (Wildman–Crippen LogP) is 3.16. The van der Waals surface area contributed by atoms with Crippen molar-refractivity contribution >= 4 is 5.95 Å². The van der Waals surface area contributed by atoms with Crippen molar-refractivity contribution in [3.8, 4) is 11.3 Å². The summed E-state index contributed by atoms with van der Waals surface area (Å²) in [5.41, 5.74) is 5.45. The lowest BCUT2D eigenvalue weighted by atomic mass is 9.64. The molecule has 5 nitrogen and oxygen atoms in total. The number of nitrogens with zero attached hydrogens (tertiary/aromatic N) is 2.